The second kappa shape index (κ2) is 9.54. The highest BCUT2D eigenvalue weighted by atomic mass is 32.2. The molecule has 4 rings (SSSR count). The number of ether oxygens (including phenoxy) is 1. The Hall–Kier alpha value is -3.65. The number of sulfonamides is 2. The Balaban J connectivity index is 1.64. The standard InChI is InChI=1S/C22H22N6O5S2/c1-2-33-21-20-19(11-10-18(26-20)15-4-3-5-17(12-15)35(24,31)32)27-22(28-21)25-13-14-6-8-16(9-7-14)34(23,29)30/h3-12H,2,13H2,1H3,(H2,23,29,30)(H2,24,31,32)(H,25,27,28). The minimum absolute atomic E-state index is 0.0187. The SMILES string of the molecule is CCOc1nc(NCc2ccc(S(N)(=O)=O)cc2)nc2ccc(-c3cccc(S(N)(=O)=O)c3)nc12. The van der Waals surface area contributed by atoms with Crippen LogP contribution in [0.25, 0.3) is 22.3 Å². The van der Waals surface area contributed by atoms with Crippen LogP contribution in [0.2, 0.25) is 0 Å². The molecule has 0 bridgehead atoms. The molecule has 0 spiro atoms. The summed E-state index contributed by atoms with van der Waals surface area (Å²) in [5, 5.41) is 13.5. The summed E-state index contributed by atoms with van der Waals surface area (Å²) in [5.41, 5.74) is 2.78. The average Bonchev–Trinajstić information content (AvgIpc) is 2.82. The van der Waals surface area contributed by atoms with Gasteiger partial charge in [0.15, 0.2) is 5.52 Å². The van der Waals surface area contributed by atoms with Gasteiger partial charge in [-0.2, -0.15) is 4.98 Å². The summed E-state index contributed by atoms with van der Waals surface area (Å²) < 4.78 is 51.9. The van der Waals surface area contributed by atoms with Gasteiger partial charge in [0.25, 0.3) is 0 Å². The number of hydrogen-bond acceptors (Lipinski definition) is 9. The van der Waals surface area contributed by atoms with E-state index in [1.54, 1.807) is 36.4 Å². The molecule has 4 aromatic rings. The van der Waals surface area contributed by atoms with Gasteiger partial charge in [0.2, 0.25) is 31.9 Å². The van der Waals surface area contributed by atoms with Gasteiger partial charge < -0.3 is 10.1 Å². The summed E-state index contributed by atoms with van der Waals surface area (Å²) in [6, 6.07) is 15.7. The van der Waals surface area contributed by atoms with Crippen molar-refractivity contribution in [3.8, 4) is 17.1 Å². The van der Waals surface area contributed by atoms with E-state index >= 15 is 0 Å². The maximum Gasteiger partial charge on any atom is 0.245 e. The van der Waals surface area contributed by atoms with E-state index < -0.39 is 20.0 Å². The lowest BCUT2D eigenvalue weighted by molar-refractivity contribution is 0.330. The molecule has 0 amide bonds. The number of pyridine rings is 1. The summed E-state index contributed by atoms with van der Waals surface area (Å²) in [4.78, 5) is 13.5. The number of nitrogens with one attached hydrogen (secondary N) is 1. The fourth-order valence-electron chi connectivity index (χ4n) is 3.28. The van der Waals surface area contributed by atoms with E-state index in [1.165, 1.54) is 24.3 Å². The van der Waals surface area contributed by atoms with Crippen molar-refractivity contribution in [1.82, 2.24) is 15.0 Å². The first kappa shape index (κ1) is 24.5. The largest absolute Gasteiger partial charge is 0.476 e. The highest BCUT2D eigenvalue weighted by Gasteiger charge is 2.14. The third kappa shape index (κ3) is 5.71. The van der Waals surface area contributed by atoms with Crippen LogP contribution in [0.3, 0.4) is 0 Å². The molecule has 2 aromatic heterocycles. The van der Waals surface area contributed by atoms with Crippen molar-refractivity contribution < 1.29 is 21.6 Å². The van der Waals surface area contributed by atoms with Crippen LogP contribution in [0.4, 0.5) is 5.95 Å². The van der Waals surface area contributed by atoms with Gasteiger partial charge in [-0.05, 0) is 48.9 Å². The van der Waals surface area contributed by atoms with E-state index in [-0.39, 0.29) is 15.7 Å². The summed E-state index contributed by atoms with van der Waals surface area (Å²) in [6.07, 6.45) is 0. The lowest BCUT2D eigenvalue weighted by Gasteiger charge is -2.11. The minimum atomic E-state index is -3.86. The Labute approximate surface area is 202 Å². The van der Waals surface area contributed by atoms with Gasteiger partial charge in [-0.25, -0.2) is 37.1 Å². The summed E-state index contributed by atoms with van der Waals surface area (Å²) in [7, 11) is -7.62. The third-order valence-corrected chi connectivity index (χ3v) is 6.79. The van der Waals surface area contributed by atoms with Crippen molar-refractivity contribution in [3.63, 3.8) is 0 Å². The van der Waals surface area contributed by atoms with Crippen molar-refractivity contribution in [1.29, 1.82) is 0 Å². The first-order valence-electron chi connectivity index (χ1n) is 10.3. The molecule has 0 atom stereocenters. The van der Waals surface area contributed by atoms with Crippen molar-refractivity contribution >= 4 is 37.0 Å². The molecule has 0 aliphatic rings. The van der Waals surface area contributed by atoms with Crippen molar-refractivity contribution in [2.45, 2.75) is 23.3 Å². The molecule has 2 aromatic carbocycles. The van der Waals surface area contributed by atoms with Gasteiger partial charge in [0.05, 0.1) is 27.6 Å². The molecule has 182 valence electrons. The predicted octanol–water partition coefficient (Wildman–Crippen LogP) is 2.00. The number of primary sulfonamides is 2. The van der Waals surface area contributed by atoms with Gasteiger partial charge in [-0.15, -0.1) is 0 Å². The van der Waals surface area contributed by atoms with Crippen LogP contribution in [0, 0.1) is 0 Å². The number of rotatable bonds is 8. The quantitative estimate of drug-likeness (QED) is 0.317. The predicted molar refractivity (Wildman–Crippen MR) is 130 cm³/mol. The number of anilines is 1. The third-order valence-electron chi connectivity index (χ3n) is 4.95. The molecular weight excluding hydrogens is 492 g/mol. The lowest BCUT2D eigenvalue weighted by atomic mass is 10.1. The first-order valence-corrected chi connectivity index (χ1v) is 13.4. The van der Waals surface area contributed by atoms with Crippen LogP contribution in [0.15, 0.2) is 70.5 Å². The molecule has 13 heteroatoms. The number of fused-ring (bicyclic) bond motifs is 1. The van der Waals surface area contributed by atoms with Crippen molar-refractivity contribution in [3.05, 3.63) is 66.2 Å². The molecule has 11 nitrogen and oxygen atoms in total. The molecule has 0 saturated heterocycles. The number of nitrogens with two attached hydrogens (primary N) is 2. The average molecular weight is 515 g/mol. The molecule has 0 unspecified atom stereocenters. The molecule has 0 saturated carbocycles. The number of hydrogen-bond donors (Lipinski definition) is 3. The molecule has 2 heterocycles. The Morgan fingerprint density at radius 1 is 0.857 bits per heavy atom. The van der Waals surface area contributed by atoms with Crippen LogP contribution in [-0.2, 0) is 26.6 Å². The molecule has 5 N–H and O–H groups in total. The lowest BCUT2D eigenvalue weighted by Crippen LogP contribution is -2.12. The van der Waals surface area contributed by atoms with Gasteiger partial charge >= 0.3 is 0 Å². The van der Waals surface area contributed by atoms with E-state index in [0.29, 0.717) is 41.4 Å². The monoisotopic (exact) mass is 514 g/mol. The van der Waals surface area contributed by atoms with E-state index in [4.69, 9.17) is 15.0 Å². The Kier molecular flexibility index (Phi) is 6.67. The highest BCUT2D eigenvalue weighted by Crippen LogP contribution is 2.27. The van der Waals surface area contributed by atoms with Gasteiger partial charge in [-0.3, -0.25) is 0 Å². The normalized spacial score (nSPS) is 12.0. The van der Waals surface area contributed by atoms with Crippen LogP contribution < -0.4 is 20.3 Å². The maximum absolute atomic E-state index is 11.7. The first-order chi connectivity index (χ1) is 16.5. The molecule has 0 radical (unpaired) electrons. The Bertz CT molecular complexity index is 1610. The van der Waals surface area contributed by atoms with Crippen LogP contribution in [0.1, 0.15) is 12.5 Å². The topological polar surface area (TPSA) is 180 Å². The molecule has 0 aliphatic heterocycles. The van der Waals surface area contributed by atoms with Crippen molar-refractivity contribution in [2.75, 3.05) is 11.9 Å². The Morgan fingerprint density at radius 2 is 1.57 bits per heavy atom. The summed E-state index contributed by atoms with van der Waals surface area (Å²) >= 11 is 0. The zero-order valence-corrected chi connectivity index (χ0v) is 20.2. The van der Waals surface area contributed by atoms with Crippen LogP contribution in [0.5, 0.6) is 5.88 Å². The minimum Gasteiger partial charge on any atom is -0.476 e. The van der Waals surface area contributed by atoms with Gasteiger partial charge in [-0.1, -0.05) is 24.3 Å². The van der Waals surface area contributed by atoms with E-state index in [9.17, 15) is 16.8 Å². The van der Waals surface area contributed by atoms with Gasteiger partial charge in [0.1, 0.15) is 0 Å². The smallest absolute Gasteiger partial charge is 0.245 e. The number of benzene rings is 2. The van der Waals surface area contributed by atoms with E-state index in [2.05, 4.69) is 20.3 Å². The maximum atomic E-state index is 11.7. The highest BCUT2D eigenvalue weighted by molar-refractivity contribution is 7.89. The molecule has 0 fully saturated rings. The van der Waals surface area contributed by atoms with Crippen molar-refractivity contribution in [2.24, 2.45) is 10.3 Å². The molecule has 35 heavy (non-hydrogen) atoms. The zero-order chi connectivity index (χ0) is 25.2. The molecule has 0 aliphatic carbocycles. The van der Waals surface area contributed by atoms with Gasteiger partial charge in [0, 0.05) is 12.1 Å². The zero-order valence-electron chi connectivity index (χ0n) is 18.5. The Morgan fingerprint density at radius 3 is 2.23 bits per heavy atom. The second-order valence-corrected chi connectivity index (χ2v) is 10.6. The number of nitrogens with zero attached hydrogens (tertiary/aromatic N) is 3. The second-order valence-electron chi connectivity index (χ2n) is 7.46. The fraction of sp³-hybridized carbons (Fsp3) is 0.136. The number of aromatic nitrogens is 3. The summed E-state index contributed by atoms with van der Waals surface area (Å²) in [6.45, 7) is 2.48. The van der Waals surface area contributed by atoms with Crippen LogP contribution in [-0.4, -0.2) is 38.4 Å². The van der Waals surface area contributed by atoms with Crippen LogP contribution >= 0.6 is 0 Å². The fourth-order valence-corrected chi connectivity index (χ4v) is 4.35. The van der Waals surface area contributed by atoms with E-state index in [0.717, 1.165) is 5.56 Å². The summed E-state index contributed by atoms with van der Waals surface area (Å²) in [5.74, 6) is 0.552. The molecular formula is C22H22N6O5S2. The van der Waals surface area contributed by atoms with E-state index in [1.807, 2.05) is 6.92 Å².